The van der Waals surface area contributed by atoms with Crippen LogP contribution in [0, 0.1) is 6.92 Å². The van der Waals surface area contributed by atoms with Crippen molar-refractivity contribution in [1.29, 1.82) is 0 Å². The second-order valence-corrected chi connectivity index (χ2v) is 5.64. The van der Waals surface area contributed by atoms with Crippen molar-refractivity contribution in [3.05, 3.63) is 29.3 Å². The average molecular weight is 281 g/mol. The number of hydrogen-bond donors (Lipinski definition) is 1. The Hall–Kier alpha value is -1.10. The largest absolute Gasteiger partial charge is 0.496 e. The van der Waals surface area contributed by atoms with E-state index in [2.05, 4.69) is 0 Å². The molecule has 0 fully saturated rings. The third kappa shape index (κ3) is 5.12. The van der Waals surface area contributed by atoms with Crippen molar-refractivity contribution < 1.29 is 14.2 Å². The van der Waals surface area contributed by atoms with Crippen LogP contribution in [0.2, 0.25) is 0 Å². The van der Waals surface area contributed by atoms with Gasteiger partial charge in [-0.05, 0) is 33.3 Å². The fourth-order valence-electron chi connectivity index (χ4n) is 1.86. The van der Waals surface area contributed by atoms with Crippen LogP contribution in [0.5, 0.6) is 5.75 Å². The molecule has 0 saturated heterocycles. The number of ether oxygens (including phenoxy) is 3. The quantitative estimate of drug-likeness (QED) is 0.744. The van der Waals surface area contributed by atoms with Crippen LogP contribution >= 0.6 is 0 Å². The first-order chi connectivity index (χ1) is 9.39. The van der Waals surface area contributed by atoms with Gasteiger partial charge in [-0.25, -0.2) is 0 Å². The van der Waals surface area contributed by atoms with Crippen LogP contribution in [-0.4, -0.2) is 33.0 Å². The summed E-state index contributed by atoms with van der Waals surface area (Å²) in [6, 6.07) is 5.82. The van der Waals surface area contributed by atoms with E-state index in [4.69, 9.17) is 19.9 Å². The minimum absolute atomic E-state index is 0.162. The van der Waals surface area contributed by atoms with Crippen molar-refractivity contribution in [2.75, 3.05) is 27.4 Å². The zero-order chi connectivity index (χ0) is 15.2. The molecule has 4 nitrogen and oxygen atoms in total. The summed E-state index contributed by atoms with van der Waals surface area (Å²) in [5.74, 6) is 0.809. The first-order valence-corrected chi connectivity index (χ1v) is 6.92. The molecule has 0 heterocycles. The van der Waals surface area contributed by atoms with Crippen LogP contribution in [0.25, 0.3) is 0 Å². The molecule has 0 aromatic heterocycles. The van der Waals surface area contributed by atoms with Crippen LogP contribution < -0.4 is 10.5 Å². The van der Waals surface area contributed by atoms with Crippen molar-refractivity contribution >= 4 is 0 Å². The van der Waals surface area contributed by atoms with Crippen molar-refractivity contribution in [2.24, 2.45) is 5.73 Å². The fourth-order valence-corrected chi connectivity index (χ4v) is 1.86. The van der Waals surface area contributed by atoms with Gasteiger partial charge in [-0.1, -0.05) is 17.7 Å². The highest BCUT2D eigenvalue weighted by Crippen LogP contribution is 2.25. The maximum absolute atomic E-state index is 6.19. The molecule has 4 heteroatoms. The highest BCUT2D eigenvalue weighted by molar-refractivity contribution is 5.39. The smallest absolute Gasteiger partial charge is 0.123 e. The van der Waals surface area contributed by atoms with Crippen molar-refractivity contribution in [2.45, 2.75) is 38.8 Å². The monoisotopic (exact) mass is 281 g/mol. The Balaban J connectivity index is 2.51. The average Bonchev–Trinajstić information content (AvgIpc) is 2.43. The predicted molar refractivity (Wildman–Crippen MR) is 81.2 cm³/mol. The molecule has 1 atom stereocenters. The molecule has 0 spiro atoms. The van der Waals surface area contributed by atoms with Gasteiger partial charge < -0.3 is 19.9 Å². The summed E-state index contributed by atoms with van der Waals surface area (Å²) < 4.78 is 16.4. The van der Waals surface area contributed by atoms with Gasteiger partial charge in [-0.15, -0.1) is 0 Å². The van der Waals surface area contributed by atoms with Gasteiger partial charge in [0.15, 0.2) is 0 Å². The van der Waals surface area contributed by atoms with Crippen LogP contribution in [0.4, 0.5) is 0 Å². The van der Waals surface area contributed by atoms with Gasteiger partial charge in [0.1, 0.15) is 5.75 Å². The van der Waals surface area contributed by atoms with E-state index in [0.717, 1.165) is 23.3 Å². The van der Waals surface area contributed by atoms with E-state index in [-0.39, 0.29) is 11.6 Å². The highest BCUT2D eigenvalue weighted by Gasteiger charge is 2.17. The maximum Gasteiger partial charge on any atom is 0.123 e. The summed E-state index contributed by atoms with van der Waals surface area (Å²) in [5.41, 5.74) is 8.17. The summed E-state index contributed by atoms with van der Waals surface area (Å²) in [6.07, 6.45) is 0.834. The topological polar surface area (TPSA) is 53.7 Å². The van der Waals surface area contributed by atoms with Gasteiger partial charge in [0.2, 0.25) is 0 Å². The van der Waals surface area contributed by atoms with Crippen molar-refractivity contribution in [3.63, 3.8) is 0 Å². The van der Waals surface area contributed by atoms with Crippen LogP contribution in [0.1, 0.15) is 37.4 Å². The molecule has 0 saturated carbocycles. The van der Waals surface area contributed by atoms with E-state index < -0.39 is 0 Å². The molecule has 2 N–H and O–H groups in total. The first-order valence-electron chi connectivity index (χ1n) is 6.92. The normalized spacial score (nSPS) is 13.3. The Morgan fingerprint density at radius 2 is 1.95 bits per heavy atom. The molecule has 1 unspecified atom stereocenters. The predicted octanol–water partition coefficient (Wildman–Crippen LogP) is 2.84. The van der Waals surface area contributed by atoms with Gasteiger partial charge >= 0.3 is 0 Å². The van der Waals surface area contributed by atoms with E-state index in [1.54, 1.807) is 14.2 Å². The molecule has 1 aromatic rings. The third-order valence-corrected chi connectivity index (χ3v) is 3.48. The Bertz CT molecular complexity index is 418. The number of rotatable bonds is 8. The van der Waals surface area contributed by atoms with E-state index >= 15 is 0 Å². The molecule has 1 aromatic carbocycles. The van der Waals surface area contributed by atoms with Crippen LogP contribution in [-0.2, 0) is 9.47 Å². The Labute approximate surface area is 122 Å². The van der Waals surface area contributed by atoms with Gasteiger partial charge in [-0.2, -0.15) is 0 Å². The SMILES string of the molecule is COc1ccc(C)cc1C(N)COCCC(C)(C)OC. The number of aryl methyl sites for hydroxylation is 1. The molecule has 0 aliphatic carbocycles. The lowest BCUT2D eigenvalue weighted by molar-refractivity contribution is -0.0114. The Morgan fingerprint density at radius 3 is 2.55 bits per heavy atom. The summed E-state index contributed by atoms with van der Waals surface area (Å²) in [7, 11) is 3.37. The molecule has 1 rings (SSSR count). The summed E-state index contributed by atoms with van der Waals surface area (Å²) in [6.45, 7) is 7.22. The molecule has 0 aliphatic heterocycles. The van der Waals surface area contributed by atoms with Crippen LogP contribution in [0.15, 0.2) is 18.2 Å². The first kappa shape index (κ1) is 17.0. The van der Waals surface area contributed by atoms with Gasteiger partial charge in [0.05, 0.1) is 25.4 Å². The van der Waals surface area contributed by atoms with E-state index in [0.29, 0.717) is 13.2 Å². The molecule has 0 radical (unpaired) electrons. The van der Waals surface area contributed by atoms with E-state index in [1.807, 2.05) is 39.0 Å². The molecule has 0 aliphatic rings. The molecule has 0 amide bonds. The highest BCUT2D eigenvalue weighted by atomic mass is 16.5. The number of nitrogens with two attached hydrogens (primary N) is 1. The van der Waals surface area contributed by atoms with Crippen molar-refractivity contribution in [3.8, 4) is 5.75 Å². The summed E-state index contributed by atoms with van der Waals surface area (Å²) in [4.78, 5) is 0. The third-order valence-electron chi connectivity index (χ3n) is 3.48. The van der Waals surface area contributed by atoms with Crippen LogP contribution in [0.3, 0.4) is 0 Å². The molecule has 20 heavy (non-hydrogen) atoms. The zero-order valence-electron chi connectivity index (χ0n) is 13.2. The van der Waals surface area contributed by atoms with E-state index in [1.165, 1.54) is 0 Å². The standard InChI is InChI=1S/C16H27NO3/c1-12-6-7-15(18-4)13(10-12)14(17)11-20-9-8-16(2,3)19-5/h6-7,10,14H,8-9,11,17H2,1-5H3. The molecule has 114 valence electrons. The lowest BCUT2D eigenvalue weighted by atomic mass is 10.0. The second-order valence-electron chi connectivity index (χ2n) is 5.64. The lowest BCUT2D eigenvalue weighted by Crippen LogP contribution is -2.26. The lowest BCUT2D eigenvalue weighted by Gasteiger charge is -2.23. The summed E-state index contributed by atoms with van der Waals surface area (Å²) >= 11 is 0. The van der Waals surface area contributed by atoms with Gasteiger partial charge in [0, 0.05) is 19.3 Å². The fraction of sp³-hybridized carbons (Fsp3) is 0.625. The number of hydrogen-bond acceptors (Lipinski definition) is 4. The molecular formula is C16H27NO3. The van der Waals surface area contributed by atoms with E-state index in [9.17, 15) is 0 Å². The second kappa shape index (κ2) is 7.62. The summed E-state index contributed by atoms with van der Waals surface area (Å²) in [5, 5.41) is 0. The number of benzene rings is 1. The minimum atomic E-state index is -0.185. The molecule has 0 bridgehead atoms. The van der Waals surface area contributed by atoms with Gasteiger partial charge in [-0.3, -0.25) is 0 Å². The Kier molecular flexibility index (Phi) is 6.46. The molecular weight excluding hydrogens is 254 g/mol. The van der Waals surface area contributed by atoms with Crippen molar-refractivity contribution in [1.82, 2.24) is 0 Å². The minimum Gasteiger partial charge on any atom is -0.496 e. The zero-order valence-corrected chi connectivity index (χ0v) is 13.2. The Morgan fingerprint density at radius 1 is 1.25 bits per heavy atom. The van der Waals surface area contributed by atoms with Gasteiger partial charge in [0.25, 0.3) is 0 Å². The number of methoxy groups -OCH3 is 2. The maximum atomic E-state index is 6.19.